The van der Waals surface area contributed by atoms with Crippen molar-refractivity contribution in [2.24, 2.45) is 5.92 Å². The van der Waals surface area contributed by atoms with Crippen LogP contribution in [0.15, 0.2) is 18.3 Å². The number of rotatable bonds is 5. The highest BCUT2D eigenvalue weighted by Gasteiger charge is 2.13. The number of hydrogen-bond donors (Lipinski definition) is 2. The third-order valence-electron chi connectivity index (χ3n) is 2.64. The number of nitrogens with zero attached hydrogens (tertiary/aromatic N) is 1. The molecule has 0 aliphatic heterocycles. The van der Waals surface area contributed by atoms with Crippen LogP contribution in [0.25, 0.3) is 0 Å². The van der Waals surface area contributed by atoms with Crippen LogP contribution < -0.4 is 5.32 Å². The third-order valence-corrected chi connectivity index (χ3v) is 2.64. The predicted octanol–water partition coefficient (Wildman–Crippen LogP) is 1.25. The van der Waals surface area contributed by atoms with Gasteiger partial charge in [0.25, 0.3) is 5.91 Å². The summed E-state index contributed by atoms with van der Waals surface area (Å²) in [5, 5.41) is 12.3. The standard InChI is InChI=1S/C12H20N2O2/c1-4-14-7-5-6-10(14)12(16)13-8-11(15)9(2)3/h5-7,9,11,15H,4,8H2,1-3H3,(H,13,16). The minimum Gasteiger partial charge on any atom is -0.391 e. The van der Waals surface area contributed by atoms with Gasteiger partial charge in [-0.05, 0) is 25.0 Å². The van der Waals surface area contributed by atoms with Crippen molar-refractivity contribution in [2.45, 2.75) is 33.4 Å². The smallest absolute Gasteiger partial charge is 0.267 e. The summed E-state index contributed by atoms with van der Waals surface area (Å²) in [6.45, 7) is 6.89. The van der Waals surface area contributed by atoms with Gasteiger partial charge in [0.1, 0.15) is 5.69 Å². The zero-order valence-corrected chi connectivity index (χ0v) is 10.1. The van der Waals surface area contributed by atoms with Crippen LogP contribution in [0.4, 0.5) is 0 Å². The second kappa shape index (κ2) is 5.70. The summed E-state index contributed by atoms with van der Waals surface area (Å²) in [7, 11) is 0. The number of nitrogens with one attached hydrogen (secondary N) is 1. The monoisotopic (exact) mass is 224 g/mol. The molecule has 0 spiro atoms. The van der Waals surface area contributed by atoms with E-state index >= 15 is 0 Å². The van der Waals surface area contributed by atoms with E-state index in [9.17, 15) is 9.90 Å². The van der Waals surface area contributed by atoms with E-state index in [2.05, 4.69) is 5.32 Å². The normalized spacial score (nSPS) is 12.8. The number of hydrogen-bond acceptors (Lipinski definition) is 2. The average Bonchev–Trinajstić information content (AvgIpc) is 2.73. The molecule has 1 heterocycles. The Bertz CT molecular complexity index is 345. The Morgan fingerprint density at radius 3 is 2.81 bits per heavy atom. The molecule has 1 amide bonds. The molecule has 1 atom stereocenters. The van der Waals surface area contributed by atoms with E-state index in [1.165, 1.54) is 0 Å². The van der Waals surface area contributed by atoms with Crippen LogP contribution in [0.5, 0.6) is 0 Å². The Morgan fingerprint density at radius 1 is 1.56 bits per heavy atom. The van der Waals surface area contributed by atoms with Crippen molar-refractivity contribution in [3.8, 4) is 0 Å². The Morgan fingerprint density at radius 2 is 2.25 bits per heavy atom. The van der Waals surface area contributed by atoms with Crippen LogP contribution in [0.3, 0.4) is 0 Å². The Balaban J connectivity index is 2.53. The van der Waals surface area contributed by atoms with Crippen molar-refractivity contribution in [3.05, 3.63) is 24.0 Å². The number of aromatic nitrogens is 1. The third kappa shape index (κ3) is 3.10. The van der Waals surface area contributed by atoms with Gasteiger partial charge in [0, 0.05) is 19.3 Å². The van der Waals surface area contributed by atoms with E-state index in [1.807, 2.05) is 37.6 Å². The summed E-state index contributed by atoms with van der Waals surface area (Å²) in [5.41, 5.74) is 0.637. The number of carbonyl (C=O) groups excluding carboxylic acids is 1. The second-order valence-corrected chi connectivity index (χ2v) is 4.20. The van der Waals surface area contributed by atoms with Gasteiger partial charge in [0.05, 0.1) is 6.10 Å². The highest BCUT2D eigenvalue weighted by Crippen LogP contribution is 2.03. The number of aliphatic hydroxyl groups is 1. The minimum absolute atomic E-state index is 0.133. The highest BCUT2D eigenvalue weighted by molar-refractivity contribution is 5.92. The van der Waals surface area contributed by atoms with Gasteiger partial charge < -0.3 is 15.0 Å². The lowest BCUT2D eigenvalue weighted by atomic mass is 10.1. The van der Waals surface area contributed by atoms with Crippen molar-refractivity contribution < 1.29 is 9.90 Å². The highest BCUT2D eigenvalue weighted by atomic mass is 16.3. The SMILES string of the molecule is CCn1cccc1C(=O)NCC(O)C(C)C. The van der Waals surface area contributed by atoms with E-state index in [-0.39, 0.29) is 11.8 Å². The zero-order chi connectivity index (χ0) is 12.1. The first-order valence-corrected chi connectivity index (χ1v) is 5.67. The van der Waals surface area contributed by atoms with E-state index < -0.39 is 6.10 Å². The van der Waals surface area contributed by atoms with Crippen LogP contribution in [-0.2, 0) is 6.54 Å². The topological polar surface area (TPSA) is 54.3 Å². The lowest BCUT2D eigenvalue weighted by Crippen LogP contribution is -2.35. The molecule has 2 N–H and O–H groups in total. The number of amides is 1. The summed E-state index contributed by atoms with van der Waals surface area (Å²) >= 11 is 0. The van der Waals surface area contributed by atoms with Crippen LogP contribution >= 0.6 is 0 Å². The molecular formula is C12H20N2O2. The molecular weight excluding hydrogens is 204 g/mol. The lowest BCUT2D eigenvalue weighted by Gasteiger charge is -2.15. The van der Waals surface area contributed by atoms with Gasteiger partial charge in [-0.15, -0.1) is 0 Å². The second-order valence-electron chi connectivity index (χ2n) is 4.20. The molecule has 0 bridgehead atoms. The van der Waals surface area contributed by atoms with Gasteiger partial charge in [0.2, 0.25) is 0 Å². The van der Waals surface area contributed by atoms with Crippen molar-refractivity contribution >= 4 is 5.91 Å². The fraction of sp³-hybridized carbons (Fsp3) is 0.583. The van der Waals surface area contributed by atoms with Crippen LogP contribution in [-0.4, -0.2) is 28.2 Å². The molecule has 1 unspecified atom stereocenters. The fourth-order valence-corrected chi connectivity index (χ4v) is 1.42. The molecule has 0 aromatic carbocycles. The molecule has 0 fully saturated rings. The van der Waals surface area contributed by atoms with E-state index in [1.54, 1.807) is 6.07 Å². The summed E-state index contributed by atoms with van der Waals surface area (Å²) < 4.78 is 1.87. The number of carbonyl (C=O) groups is 1. The van der Waals surface area contributed by atoms with Gasteiger partial charge in [-0.1, -0.05) is 13.8 Å². The quantitative estimate of drug-likeness (QED) is 0.791. The van der Waals surface area contributed by atoms with Crippen molar-refractivity contribution in [1.29, 1.82) is 0 Å². The molecule has 0 aliphatic carbocycles. The van der Waals surface area contributed by atoms with Crippen molar-refractivity contribution in [2.75, 3.05) is 6.54 Å². The lowest BCUT2D eigenvalue weighted by molar-refractivity contribution is 0.0863. The van der Waals surface area contributed by atoms with Gasteiger partial charge in [0.15, 0.2) is 0 Å². The van der Waals surface area contributed by atoms with Gasteiger partial charge >= 0.3 is 0 Å². The zero-order valence-electron chi connectivity index (χ0n) is 10.1. The Hall–Kier alpha value is -1.29. The molecule has 1 rings (SSSR count). The summed E-state index contributed by atoms with van der Waals surface area (Å²) in [6, 6.07) is 3.62. The van der Waals surface area contributed by atoms with Gasteiger partial charge in [-0.2, -0.15) is 0 Å². The average molecular weight is 224 g/mol. The minimum atomic E-state index is -0.492. The Labute approximate surface area is 96.3 Å². The molecule has 4 heteroatoms. The summed E-state index contributed by atoms with van der Waals surface area (Å²) in [5.74, 6) is 0.0183. The summed E-state index contributed by atoms with van der Waals surface area (Å²) in [4.78, 5) is 11.8. The maximum Gasteiger partial charge on any atom is 0.267 e. The molecule has 0 radical (unpaired) electrons. The van der Waals surface area contributed by atoms with E-state index in [4.69, 9.17) is 0 Å². The first kappa shape index (κ1) is 12.8. The van der Waals surface area contributed by atoms with Crippen molar-refractivity contribution in [1.82, 2.24) is 9.88 Å². The Kier molecular flexibility index (Phi) is 4.55. The van der Waals surface area contributed by atoms with E-state index in [0.29, 0.717) is 12.2 Å². The fourth-order valence-electron chi connectivity index (χ4n) is 1.42. The van der Waals surface area contributed by atoms with Gasteiger partial charge in [-0.3, -0.25) is 4.79 Å². The number of aryl methyl sites for hydroxylation is 1. The molecule has 0 saturated carbocycles. The van der Waals surface area contributed by atoms with Crippen LogP contribution in [0.1, 0.15) is 31.3 Å². The number of aliphatic hydroxyl groups excluding tert-OH is 1. The van der Waals surface area contributed by atoms with Crippen LogP contribution in [0, 0.1) is 5.92 Å². The molecule has 0 saturated heterocycles. The molecule has 1 aromatic heterocycles. The van der Waals surface area contributed by atoms with Crippen molar-refractivity contribution in [3.63, 3.8) is 0 Å². The molecule has 0 aliphatic rings. The largest absolute Gasteiger partial charge is 0.391 e. The van der Waals surface area contributed by atoms with E-state index in [0.717, 1.165) is 6.54 Å². The molecule has 4 nitrogen and oxygen atoms in total. The van der Waals surface area contributed by atoms with Gasteiger partial charge in [-0.25, -0.2) is 0 Å². The summed E-state index contributed by atoms with van der Waals surface area (Å²) in [6.07, 6.45) is 1.38. The molecule has 90 valence electrons. The first-order chi connectivity index (χ1) is 7.56. The predicted molar refractivity (Wildman–Crippen MR) is 63.3 cm³/mol. The molecule has 16 heavy (non-hydrogen) atoms. The van der Waals surface area contributed by atoms with Crippen LogP contribution in [0.2, 0.25) is 0 Å². The maximum atomic E-state index is 11.8. The first-order valence-electron chi connectivity index (χ1n) is 5.67. The maximum absolute atomic E-state index is 11.8. The molecule has 1 aromatic rings.